The molecule has 2 aliphatic heterocycles. The molecule has 0 saturated carbocycles. The van der Waals surface area contributed by atoms with Crippen molar-refractivity contribution >= 4 is 6.09 Å². The zero-order valence-corrected chi connectivity index (χ0v) is 15.2. The summed E-state index contributed by atoms with van der Waals surface area (Å²) in [7, 11) is 0. The first-order chi connectivity index (χ1) is 10.8. The van der Waals surface area contributed by atoms with Gasteiger partial charge >= 0.3 is 6.09 Å². The Kier molecular flexibility index (Phi) is 6.09. The average Bonchev–Trinajstić information content (AvgIpc) is 2.46. The van der Waals surface area contributed by atoms with Crippen molar-refractivity contribution in [2.75, 3.05) is 26.3 Å². The predicted molar refractivity (Wildman–Crippen MR) is 91.5 cm³/mol. The van der Waals surface area contributed by atoms with E-state index in [9.17, 15) is 4.79 Å². The van der Waals surface area contributed by atoms with Crippen LogP contribution in [-0.4, -0.2) is 55.0 Å². The normalized spacial score (nSPS) is 29.2. The van der Waals surface area contributed by atoms with Gasteiger partial charge in [-0.3, -0.25) is 0 Å². The number of carbonyl (C=O) groups is 1. The number of nitrogens with zero attached hydrogens (tertiary/aromatic N) is 1. The smallest absolute Gasteiger partial charge is 0.410 e. The van der Waals surface area contributed by atoms with Gasteiger partial charge in [-0.15, -0.1) is 0 Å². The van der Waals surface area contributed by atoms with Crippen LogP contribution >= 0.6 is 0 Å². The fourth-order valence-electron chi connectivity index (χ4n) is 3.33. The van der Waals surface area contributed by atoms with Gasteiger partial charge in [0.2, 0.25) is 0 Å². The first-order valence-electron chi connectivity index (χ1n) is 8.76. The van der Waals surface area contributed by atoms with Gasteiger partial charge in [0, 0.05) is 25.2 Å². The third kappa shape index (κ3) is 5.21. The van der Waals surface area contributed by atoms with E-state index in [2.05, 4.69) is 25.2 Å². The van der Waals surface area contributed by atoms with E-state index in [1.165, 1.54) is 5.57 Å². The standard InChI is InChI=1S/C18H32N2O3/c1-13-8-9-20(17(21)23-18(3,4)5)14(2)16(13)19-11-15-7-6-10-22-12-15/h7,13-14,16,19H,6,8-12H2,1-5H3. The molecule has 5 nitrogen and oxygen atoms in total. The SMILES string of the molecule is CC1CCN(C(=O)OC(C)(C)C)C(C)C1NCC1=CCCOC1. The van der Waals surface area contributed by atoms with E-state index in [1.54, 1.807) is 0 Å². The zero-order valence-electron chi connectivity index (χ0n) is 15.2. The maximum atomic E-state index is 12.4. The molecule has 1 N–H and O–H groups in total. The molecule has 5 heteroatoms. The third-order valence-corrected chi connectivity index (χ3v) is 4.63. The molecule has 2 heterocycles. The lowest BCUT2D eigenvalue weighted by Gasteiger charge is -2.43. The van der Waals surface area contributed by atoms with Gasteiger partial charge in [0.1, 0.15) is 5.60 Å². The summed E-state index contributed by atoms with van der Waals surface area (Å²) in [6.07, 6.45) is 4.05. The Hall–Kier alpha value is -1.07. The summed E-state index contributed by atoms with van der Waals surface area (Å²) in [5.74, 6) is 0.536. The summed E-state index contributed by atoms with van der Waals surface area (Å²) >= 11 is 0. The maximum absolute atomic E-state index is 12.4. The van der Waals surface area contributed by atoms with Gasteiger partial charge in [-0.25, -0.2) is 4.79 Å². The molecule has 1 saturated heterocycles. The average molecular weight is 324 g/mol. The molecule has 2 aliphatic rings. The zero-order chi connectivity index (χ0) is 17.0. The molecule has 0 aromatic carbocycles. The minimum absolute atomic E-state index is 0.124. The van der Waals surface area contributed by atoms with Crippen molar-refractivity contribution < 1.29 is 14.3 Å². The van der Waals surface area contributed by atoms with Crippen LogP contribution in [0.5, 0.6) is 0 Å². The van der Waals surface area contributed by atoms with Crippen LogP contribution in [0, 0.1) is 5.92 Å². The van der Waals surface area contributed by atoms with Crippen LogP contribution in [0.15, 0.2) is 11.6 Å². The van der Waals surface area contributed by atoms with E-state index in [-0.39, 0.29) is 18.2 Å². The number of likely N-dealkylation sites (tertiary alicyclic amines) is 1. The van der Waals surface area contributed by atoms with Crippen LogP contribution in [0.2, 0.25) is 0 Å². The Bertz CT molecular complexity index is 442. The van der Waals surface area contributed by atoms with Crippen LogP contribution in [0.1, 0.15) is 47.5 Å². The minimum atomic E-state index is -0.451. The predicted octanol–water partition coefficient (Wildman–Crippen LogP) is 2.96. The monoisotopic (exact) mass is 324 g/mol. The fourth-order valence-corrected chi connectivity index (χ4v) is 3.33. The number of carbonyl (C=O) groups excluding carboxylic acids is 1. The van der Waals surface area contributed by atoms with E-state index in [0.29, 0.717) is 5.92 Å². The molecule has 0 radical (unpaired) electrons. The molecule has 3 unspecified atom stereocenters. The van der Waals surface area contributed by atoms with Crippen molar-refractivity contribution in [3.8, 4) is 0 Å². The van der Waals surface area contributed by atoms with E-state index in [1.807, 2.05) is 25.7 Å². The molecule has 0 aliphatic carbocycles. The van der Waals surface area contributed by atoms with E-state index in [0.717, 1.165) is 39.1 Å². The lowest BCUT2D eigenvalue weighted by molar-refractivity contribution is 0.000981. The van der Waals surface area contributed by atoms with Crippen molar-refractivity contribution in [2.24, 2.45) is 5.92 Å². The van der Waals surface area contributed by atoms with Crippen LogP contribution in [0.4, 0.5) is 4.79 Å². The number of ether oxygens (including phenoxy) is 2. The number of hydrogen-bond donors (Lipinski definition) is 1. The van der Waals surface area contributed by atoms with Crippen LogP contribution in [-0.2, 0) is 9.47 Å². The van der Waals surface area contributed by atoms with Crippen LogP contribution in [0.25, 0.3) is 0 Å². The molecule has 23 heavy (non-hydrogen) atoms. The molecular formula is C18H32N2O3. The highest BCUT2D eigenvalue weighted by molar-refractivity contribution is 5.68. The first-order valence-corrected chi connectivity index (χ1v) is 8.76. The highest BCUT2D eigenvalue weighted by Crippen LogP contribution is 2.25. The summed E-state index contributed by atoms with van der Waals surface area (Å²) in [5, 5.41) is 3.64. The van der Waals surface area contributed by atoms with Crippen LogP contribution in [0.3, 0.4) is 0 Å². The molecule has 1 amide bonds. The molecule has 3 atom stereocenters. The van der Waals surface area contributed by atoms with Gasteiger partial charge < -0.3 is 19.7 Å². The van der Waals surface area contributed by atoms with E-state index >= 15 is 0 Å². The van der Waals surface area contributed by atoms with Crippen molar-refractivity contribution in [2.45, 2.75) is 65.1 Å². The van der Waals surface area contributed by atoms with Crippen molar-refractivity contribution in [1.82, 2.24) is 10.2 Å². The molecule has 0 spiro atoms. The molecule has 0 aromatic rings. The Balaban J connectivity index is 1.95. The van der Waals surface area contributed by atoms with E-state index < -0.39 is 5.60 Å². The molecule has 2 rings (SSSR count). The number of hydrogen-bond acceptors (Lipinski definition) is 4. The fraction of sp³-hybridized carbons (Fsp3) is 0.833. The molecule has 0 aromatic heterocycles. The minimum Gasteiger partial charge on any atom is -0.444 e. The van der Waals surface area contributed by atoms with Gasteiger partial charge in [0.15, 0.2) is 0 Å². The molecule has 132 valence electrons. The second kappa shape index (κ2) is 7.67. The Morgan fingerprint density at radius 3 is 2.78 bits per heavy atom. The highest BCUT2D eigenvalue weighted by atomic mass is 16.6. The number of rotatable bonds is 3. The van der Waals surface area contributed by atoms with Gasteiger partial charge in [-0.1, -0.05) is 13.0 Å². The number of piperidine rings is 1. The summed E-state index contributed by atoms with van der Waals surface area (Å²) in [5.41, 5.74) is 0.859. The van der Waals surface area contributed by atoms with Crippen molar-refractivity contribution in [1.29, 1.82) is 0 Å². The topological polar surface area (TPSA) is 50.8 Å². The number of nitrogens with one attached hydrogen (secondary N) is 1. The third-order valence-electron chi connectivity index (χ3n) is 4.63. The summed E-state index contributed by atoms with van der Waals surface area (Å²) in [4.78, 5) is 14.3. The molecule has 1 fully saturated rings. The second-order valence-corrected chi connectivity index (χ2v) is 7.79. The van der Waals surface area contributed by atoms with Gasteiger partial charge in [0.05, 0.1) is 13.2 Å². The lowest BCUT2D eigenvalue weighted by Crippen LogP contribution is -2.58. The molecule has 0 bridgehead atoms. The van der Waals surface area contributed by atoms with Crippen molar-refractivity contribution in [3.05, 3.63) is 11.6 Å². The van der Waals surface area contributed by atoms with Crippen molar-refractivity contribution in [3.63, 3.8) is 0 Å². The lowest BCUT2D eigenvalue weighted by atomic mass is 9.87. The van der Waals surface area contributed by atoms with E-state index in [4.69, 9.17) is 9.47 Å². The second-order valence-electron chi connectivity index (χ2n) is 7.79. The van der Waals surface area contributed by atoms with Gasteiger partial charge in [0.25, 0.3) is 0 Å². The maximum Gasteiger partial charge on any atom is 0.410 e. The summed E-state index contributed by atoms with van der Waals surface area (Å²) in [6.45, 7) is 13.2. The van der Waals surface area contributed by atoms with Crippen LogP contribution < -0.4 is 5.32 Å². The summed E-state index contributed by atoms with van der Waals surface area (Å²) < 4.78 is 11.1. The highest BCUT2D eigenvalue weighted by Gasteiger charge is 2.37. The quantitative estimate of drug-likeness (QED) is 0.811. The largest absolute Gasteiger partial charge is 0.444 e. The Morgan fingerprint density at radius 1 is 1.43 bits per heavy atom. The van der Waals surface area contributed by atoms with Gasteiger partial charge in [-0.2, -0.15) is 0 Å². The van der Waals surface area contributed by atoms with Gasteiger partial charge in [-0.05, 0) is 52.0 Å². The number of amides is 1. The molecular weight excluding hydrogens is 292 g/mol. The Labute approximate surface area is 140 Å². The Morgan fingerprint density at radius 2 is 2.17 bits per heavy atom. The first kappa shape index (κ1) is 18.3. The summed E-state index contributed by atoms with van der Waals surface area (Å²) in [6, 6.07) is 0.401.